The average molecular weight is 316 g/mol. The first-order valence-corrected chi connectivity index (χ1v) is 8.71. The number of piperazine rings is 1. The van der Waals surface area contributed by atoms with Crippen LogP contribution >= 0.6 is 0 Å². The van der Waals surface area contributed by atoms with Gasteiger partial charge in [0.05, 0.1) is 6.54 Å². The summed E-state index contributed by atoms with van der Waals surface area (Å²) < 4.78 is 0. The maximum Gasteiger partial charge on any atom is 0.236 e. The Bertz CT molecular complexity index is 499. The van der Waals surface area contributed by atoms with Crippen LogP contribution in [0.5, 0.6) is 0 Å². The normalized spacial score (nSPS) is 23.3. The van der Waals surface area contributed by atoms with Gasteiger partial charge in [-0.25, -0.2) is 0 Å². The number of benzene rings is 1. The van der Waals surface area contributed by atoms with E-state index in [0.717, 1.165) is 52.2 Å². The van der Waals surface area contributed by atoms with E-state index in [1.165, 1.54) is 5.56 Å². The number of rotatable bonds is 5. The summed E-state index contributed by atoms with van der Waals surface area (Å²) in [4.78, 5) is 19.1. The Hall–Kier alpha value is -1.43. The van der Waals surface area contributed by atoms with Crippen molar-refractivity contribution in [2.24, 2.45) is 11.7 Å². The molecule has 0 aromatic heterocycles. The maximum absolute atomic E-state index is 12.4. The molecule has 1 amide bonds. The molecule has 2 heterocycles. The van der Waals surface area contributed by atoms with Crippen molar-refractivity contribution in [2.45, 2.75) is 13.0 Å². The minimum Gasteiger partial charge on any atom is -0.341 e. The smallest absolute Gasteiger partial charge is 0.236 e. The van der Waals surface area contributed by atoms with Gasteiger partial charge >= 0.3 is 0 Å². The third-order valence-corrected chi connectivity index (χ3v) is 5.04. The van der Waals surface area contributed by atoms with Crippen LogP contribution in [0.2, 0.25) is 0 Å². The van der Waals surface area contributed by atoms with Crippen molar-refractivity contribution in [3.05, 3.63) is 35.9 Å². The molecular formula is C18H28N4O. The van der Waals surface area contributed by atoms with Gasteiger partial charge in [0.15, 0.2) is 0 Å². The van der Waals surface area contributed by atoms with Gasteiger partial charge in [0, 0.05) is 45.8 Å². The molecule has 1 atom stereocenters. The molecule has 0 aliphatic carbocycles. The van der Waals surface area contributed by atoms with Crippen molar-refractivity contribution < 1.29 is 4.79 Å². The molecule has 5 heteroatoms. The molecule has 23 heavy (non-hydrogen) atoms. The molecule has 2 aliphatic heterocycles. The van der Waals surface area contributed by atoms with Gasteiger partial charge in [-0.2, -0.15) is 0 Å². The lowest BCUT2D eigenvalue weighted by Gasteiger charge is -2.35. The summed E-state index contributed by atoms with van der Waals surface area (Å²) >= 11 is 0. The average Bonchev–Trinajstić information content (AvgIpc) is 3.07. The minimum absolute atomic E-state index is 0.275. The second kappa shape index (κ2) is 7.90. The molecule has 3 rings (SSSR count). The van der Waals surface area contributed by atoms with Crippen LogP contribution in [0, 0.1) is 5.92 Å². The molecular weight excluding hydrogens is 288 g/mol. The van der Waals surface area contributed by atoms with Gasteiger partial charge in [-0.15, -0.1) is 0 Å². The Kier molecular flexibility index (Phi) is 5.65. The molecule has 5 nitrogen and oxygen atoms in total. The van der Waals surface area contributed by atoms with Gasteiger partial charge in [0.1, 0.15) is 0 Å². The second-order valence-corrected chi connectivity index (χ2v) is 6.77. The van der Waals surface area contributed by atoms with Crippen molar-refractivity contribution in [3.8, 4) is 0 Å². The fourth-order valence-corrected chi connectivity index (χ4v) is 3.49. The zero-order valence-corrected chi connectivity index (χ0v) is 13.9. The van der Waals surface area contributed by atoms with Gasteiger partial charge in [0.25, 0.3) is 0 Å². The lowest BCUT2D eigenvalue weighted by Crippen LogP contribution is -2.49. The molecule has 0 radical (unpaired) electrons. The van der Waals surface area contributed by atoms with Crippen molar-refractivity contribution in [1.82, 2.24) is 14.7 Å². The lowest BCUT2D eigenvalue weighted by atomic mass is 10.1. The molecule has 0 bridgehead atoms. The van der Waals surface area contributed by atoms with Crippen LogP contribution in [0.3, 0.4) is 0 Å². The second-order valence-electron chi connectivity index (χ2n) is 6.77. The quantitative estimate of drug-likeness (QED) is 0.865. The van der Waals surface area contributed by atoms with E-state index in [-0.39, 0.29) is 5.91 Å². The number of likely N-dealkylation sites (tertiary alicyclic amines) is 1. The van der Waals surface area contributed by atoms with Crippen LogP contribution in [0.25, 0.3) is 0 Å². The summed E-state index contributed by atoms with van der Waals surface area (Å²) in [5, 5.41) is 0. The molecule has 1 aromatic carbocycles. The fourth-order valence-electron chi connectivity index (χ4n) is 3.49. The number of carbonyl (C=O) groups is 1. The highest BCUT2D eigenvalue weighted by atomic mass is 16.2. The molecule has 2 N–H and O–H groups in total. The van der Waals surface area contributed by atoms with Crippen LogP contribution in [0.4, 0.5) is 0 Å². The number of nitrogens with zero attached hydrogens (tertiary/aromatic N) is 3. The number of amides is 1. The van der Waals surface area contributed by atoms with Crippen molar-refractivity contribution in [1.29, 1.82) is 0 Å². The van der Waals surface area contributed by atoms with E-state index in [9.17, 15) is 4.79 Å². The Morgan fingerprint density at radius 1 is 1.04 bits per heavy atom. The number of hydrogen-bond donors (Lipinski definition) is 1. The zero-order chi connectivity index (χ0) is 16.1. The molecule has 2 fully saturated rings. The molecule has 2 saturated heterocycles. The Labute approximate surface area is 139 Å². The lowest BCUT2D eigenvalue weighted by molar-refractivity contribution is -0.131. The standard InChI is InChI=1S/C18H28N4O/c19-12-17-6-7-22(14-17)18(23)15-21-10-8-20(9-11-21)13-16-4-2-1-3-5-16/h1-5,17H,6-15,19H2. The van der Waals surface area contributed by atoms with E-state index in [4.69, 9.17) is 5.73 Å². The predicted octanol–water partition coefficient (Wildman–Crippen LogP) is 0.611. The van der Waals surface area contributed by atoms with E-state index < -0.39 is 0 Å². The van der Waals surface area contributed by atoms with E-state index in [0.29, 0.717) is 19.0 Å². The molecule has 1 unspecified atom stereocenters. The van der Waals surface area contributed by atoms with Crippen LogP contribution < -0.4 is 5.73 Å². The molecule has 0 saturated carbocycles. The topological polar surface area (TPSA) is 52.8 Å². The molecule has 2 aliphatic rings. The highest BCUT2D eigenvalue weighted by molar-refractivity contribution is 5.78. The van der Waals surface area contributed by atoms with E-state index in [1.54, 1.807) is 0 Å². The van der Waals surface area contributed by atoms with E-state index in [2.05, 4.69) is 40.1 Å². The van der Waals surface area contributed by atoms with Crippen LogP contribution in [0.15, 0.2) is 30.3 Å². The summed E-state index contributed by atoms with van der Waals surface area (Å²) in [6.45, 7) is 8.03. The first-order chi connectivity index (χ1) is 11.2. The van der Waals surface area contributed by atoms with Gasteiger partial charge in [-0.3, -0.25) is 14.6 Å². The van der Waals surface area contributed by atoms with Gasteiger partial charge in [0.2, 0.25) is 5.91 Å². The summed E-state index contributed by atoms with van der Waals surface area (Å²) in [5.74, 6) is 0.777. The molecule has 126 valence electrons. The van der Waals surface area contributed by atoms with Crippen LogP contribution in [-0.2, 0) is 11.3 Å². The SMILES string of the molecule is NCC1CCN(C(=O)CN2CCN(Cc3ccccc3)CC2)C1. The van der Waals surface area contributed by atoms with E-state index in [1.807, 2.05) is 4.90 Å². The highest BCUT2D eigenvalue weighted by Gasteiger charge is 2.27. The first-order valence-electron chi connectivity index (χ1n) is 8.71. The highest BCUT2D eigenvalue weighted by Crippen LogP contribution is 2.15. The monoisotopic (exact) mass is 316 g/mol. The minimum atomic E-state index is 0.275. The third kappa shape index (κ3) is 4.53. The first kappa shape index (κ1) is 16.4. The summed E-state index contributed by atoms with van der Waals surface area (Å²) in [6.07, 6.45) is 1.06. The summed E-state index contributed by atoms with van der Waals surface area (Å²) in [7, 11) is 0. The van der Waals surface area contributed by atoms with E-state index >= 15 is 0 Å². The Balaban J connectivity index is 1.40. The Morgan fingerprint density at radius 2 is 1.74 bits per heavy atom. The molecule has 1 aromatic rings. The van der Waals surface area contributed by atoms with Crippen LogP contribution in [0.1, 0.15) is 12.0 Å². The van der Waals surface area contributed by atoms with Crippen molar-refractivity contribution in [2.75, 3.05) is 52.4 Å². The van der Waals surface area contributed by atoms with Gasteiger partial charge in [-0.05, 0) is 24.4 Å². The number of hydrogen-bond acceptors (Lipinski definition) is 4. The van der Waals surface area contributed by atoms with Crippen molar-refractivity contribution in [3.63, 3.8) is 0 Å². The third-order valence-electron chi connectivity index (χ3n) is 5.04. The van der Waals surface area contributed by atoms with Gasteiger partial charge < -0.3 is 10.6 Å². The largest absolute Gasteiger partial charge is 0.341 e. The summed E-state index contributed by atoms with van der Waals surface area (Å²) in [6, 6.07) is 10.6. The molecule has 0 spiro atoms. The maximum atomic E-state index is 12.4. The van der Waals surface area contributed by atoms with Gasteiger partial charge in [-0.1, -0.05) is 30.3 Å². The van der Waals surface area contributed by atoms with Crippen molar-refractivity contribution >= 4 is 5.91 Å². The Morgan fingerprint density at radius 3 is 2.39 bits per heavy atom. The van der Waals surface area contributed by atoms with Crippen LogP contribution in [-0.4, -0.2) is 73.0 Å². The number of nitrogens with two attached hydrogens (primary N) is 1. The fraction of sp³-hybridized carbons (Fsp3) is 0.611. The number of carbonyl (C=O) groups excluding carboxylic acids is 1. The summed E-state index contributed by atoms with van der Waals surface area (Å²) in [5.41, 5.74) is 7.07. The predicted molar refractivity (Wildman–Crippen MR) is 91.9 cm³/mol. The zero-order valence-electron chi connectivity index (χ0n) is 13.9.